The lowest BCUT2D eigenvalue weighted by Crippen LogP contribution is -1.93. The summed E-state index contributed by atoms with van der Waals surface area (Å²) >= 11 is 4.90. The first kappa shape index (κ1) is 7.42. The smallest absolute Gasteiger partial charge is 0.201 e. The molecule has 0 atom stereocenters. The van der Waals surface area contributed by atoms with Crippen LogP contribution >= 0.6 is 12.2 Å². The van der Waals surface area contributed by atoms with Crippen molar-refractivity contribution in [2.24, 2.45) is 7.05 Å². The van der Waals surface area contributed by atoms with Crippen molar-refractivity contribution in [3.63, 3.8) is 0 Å². The number of hydrogen-bond donors (Lipinski definition) is 1. The van der Waals surface area contributed by atoms with Crippen molar-refractivity contribution in [1.29, 1.82) is 0 Å². The molecule has 5 heteroatoms. The van der Waals surface area contributed by atoms with Crippen molar-refractivity contribution in [1.82, 2.24) is 14.5 Å². The summed E-state index contributed by atoms with van der Waals surface area (Å²) in [6.45, 7) is 0. The van der Waals surface area contributed by atoms with Crippen LogP contribution in [-0.2, 0) is 7.05 Å². The lowest BCUT2D eigenvalue weighted by atomic mass is 10.4. The minimum absolute atomic E-state index is 0.391. The van der Waals surface area contributed by atoms with Gasteiger partial charge in [0.15, 0.2) is 5.95 Å². The van der Waals surface area contributed by atoms with Crippen LogP contribution in [-0.4, -0.2) is 14.5 Å². The van der Waals surface area contributed by atoms with Gasteiger partial charge in [-0.15, -0.1) is 0 Å². The van der Waals surface area contributed by atoms with E-state index in [0.29, 0.717) is 10.4 Å². The molecule has 2 aromatic rings. The van der Waals surface area contributed by atoms with E-state index >= 15 is 0 Å². The normalized spacial score (nSPS) is 10.8. The SMILES string of the molecule is Cn1cc2cc(F)[nH]c2nc1=S. The van der Waals surface area contributed by atoms with Gasteiger partial charge in [0, 0.05) is 24.7 Å². The van der Waals surface area contributed by atoms with E-state index in [9.17, 15) is 4.39 Å². The molecule has 2 aromatic heterocycles. The highest BCUT2D eigenvalue weighted by molar-refractivity contribution is 7.71. The Morgan fingerprint density at radius 1 is 1.67 bits per heavy atom. The molecule has 0 amide bonds. The maximum Gasteiger partial charge on any atom is 0.201 e. The summed E-state index contributed by atoms with van der Waals surface area (Å²) in [7, 11) is 1.78. The fourth-order valence-electron chi connectivity index (χ4n) is 1.06. The fraction of sp³-hybridized carbons (Fsp3) is 0.143. The van der Waals surface area contributed by atoms with E-state index in [0.717, 1.165) is 5.39 Å². The van der Waals surface area contributed by atoms with E-state index in [4.69, 9.17) is 12.2 Å². The van der Waals surface area contributed by atoms with E-state index in [1.54, 1.807) is 17.8 Å². The number of aromatic amines is 1. The Bertz CT molecular complexity index is 485. The lowest BCUT2D eigenvalue weighted by molar-refractivity contribution is 0.594. The van der Waals surface area contributed by atoms with Gasteiger partial charge in [-0.25, -0.2) is 4.98 Å². The summed E-state index contributed by atoms with van der Waals surface area (Å²) < 4.78 is 14.8. The number of aryl methyl sites for hydroxylation is 1. The van der Waals surface area contributed by atoms with E-state index in [1.165, 1.54) is 6.07 Å². The fourth-order valence-corrected chi connectivity index (χ4v) is 1.20. The van der Waals surface area contributed by atoms with Crippen LogP contribution in [0.2, 0.25) is 0 Å². The van der Waals surface area contributed by atoms with Crippen LogP contribution in [0.1, 0.15) is 0 Å². The van der Waals surface area contributed by atoms with E-state index in [-0.39, 0.29) is 0 Å². The molecule has 0 spiro atoms. The molecule has 0 saturated heterocycles. The molecule has 0 bridgehead atoms. The average molecular weight is 183 g/mol. The predicted molar refractivity (Wildman–Crippen MR) is 45.9 cm³/mol. The zero-order valence-electron chi connectivity index (χ0n) is 6.34. The van der Waals surface area contributed by atoms with Gasteiger partial charge in [0.1, 0.15) is 5.65 Å². The molecular formula is C7H6FN3S. The van der Waals surface area contributed by atoms with E-state index in [1.807, 2.05) is 0 Å². The number of nitrogens with one attached hydrogen (secondary N) is 1. The minimum atomic E-state index is -0.391. The van der Waals surface area contributed by atoms with Gasteiger partial charge in [-0.3, -0.25) is 0 Å². The quantitative estimate of drug-likeness (QED) is 0.631. The van der Waals surface area contributed by atoms with Gasteiger partial charge in [0.2, 0.25) is 4.77 Å². The number of halogens is 1. The number of H-pyrrole nitrogens is 1. The van der Waals surface area contributed by atoms with Gasteiger partial charge in [-0.2, -0.15) is 4.39 Å². The Morgan fingerprint density at radius 3 is 3.17 bits per heavy atom. The maximum absolute atomic E-state index is 12.6. The zero-order valence-corrected chi connectivity index (χ0v) is 7.15. The Labute approximate surface area is 72.9 Å². The highest BCUT2D eigenvalue weighted by Gasteiger charge is 2.00. The number of hydrogen-bond acceptors (Lipinski definition) is 2. The molecule has 0 aliphatic carbocycles. The third kappa shape index (κ3) is 1.02. The number of nitrogens with zero attached hydrogens (tertiary/aromatic N) is 2. The first-order chi connectivity index (χ1) is 5.66. The topological polar surface area (TPSA) is 33.6 Å². The molecule has 0 radical (unpaired) electrons. The Morgan fingerprint density at radius 2 is 2.42 bits per heavy atom. The molecule has 0 fully saturated rings. The van der Waals surface area contributed by atoms with Crippen LogP contribution in [0.3, 0.4) is 0 Å². The molecule has 0 aliphatic rings. The molecule has 2 rings (SSSR count). The first-order valence-corrected chi connectivity index (χ1v) is 3.79. The minimum Gasteiger partial charge on any atom is -0.326 e. The van der Waals surface area contributed by atoms with Crippen LogP contribution in [0, 0.1) is 10.7 Å². The molecule has 2 heterocycles. The second-order valence-corrected chi connectivity index (χ2v) is 2.92. The monoisotopic (exact) mass is 183 g/mol. The molecule has 0 unspecified atom stereocenters. The van der Waals surface area contributed by atoms with Crippen molar-refractivity contribution >= 4 is 23.3 Å². The zero-order chi connectivity index (χ0) is 8.72. The summed E-state index contributed by atoms with van der Waals surface area (Å²) in [5.74, 6) is -0.391. The standard InChI is InChI=1S/C7H6FN3S/c1-11-3-4-2-5(8)9-6(4)10-7(11)12/h2-3H,1H3,(H,9,10,12). The van der Waals surface area contributed by atoms with Crippen molar-refractivity contribution in [3.05, 3.63) is 23.0 Å². The second-order valence-electron chi connectivity index (χ2n) is 2.56. The molecule has 0 aromatic carbocycles. The first-order valence-electron chi connectivity index (χ1n) is 3.39. The Hall–Kier alpha value is -1.23. The van der Waals surface area contributed by atoms with Gasteiger partial charge in [0.25, 0.3) is 0 Å². The highest BCUT2D eigenvalue weighted by Crippen LogP contribution is 2.10. The van der Waals surface area contributed by atoms with Crippen molar-refractivity contribution in [2.45, 2.75) is 0 Å². The van der Waals surface area contributed by atoms with Gasteiger partial charge in [0.05, 0.1) is 0 Å². The molecule has 0 saturated carbocycles. The summed E-state index contributed by atoms with van der Waals surface area (Å²) in [4.78, 5) is 6.45. The van der Waals surface area contributed by atoms with Crippen molar-refractivity contribution in [3.8, 4) is 0 Å². The summed E-state index contributed by atoms with van der Waals surface area (Å²) in [5.41, 5.74) is 0.496. The number of fused-ring (bicyclic) bond motifs is 1. The lowest BCUT2D eigenvalue weighted by Gasteiger charge is -1.95. The number of aromatic nitrogens is 3. The van der Waals surface area contributed by atoms with Crippen LogP contribution < -0.4 is 0 Å². The van der Waals surface area contributed by atoms with Crippen LogP contribution in [0.25, 0.3) is 11.0 Å². The Balaban J connectivity index is 2.92. The van der Waals surface area contributed by atoms with Crippen LogP contribution in [0.5, 0.6) is 0 Å². The maximum atomic E-state index is 12.6. The highest BCUT2D eigenvalue weighted by atomic mass is 32.1. The third-order valence-corrected chi connectivity index (χ3v) is 2.01. The largest absolute Gasteiger partial charge is 0.326 e. The Kier molecular flexibility index (Phi) is 1.47. The molecule has 0 aliphatic heterocycles. The number of rotatable bonds is 0. The van der Waals surface area contributed by atoms with E-state index in [2.05, 4.69) is 9.97 Å². The van der Waals surface area contributed by atoms with Gasteiger partial charge < -0.3 is 9.55 Å². The third-order valence-electron chi connectivity index (χ3n) is 1.64. The summed E-state index contributed by atoms with van der Waals surface area (Å²) in [5, 5.41) is 0.726. The summed E-state index contributed by atoms with van der Waals surface area (Å²) in [6.07, 6.45) is 1.74. The molecule has 1 N–H and O–H groups in total. The van der Waals surface area contributed by atoms with Gasteiger partial charge >= 0.3 is 0 Å². The molecule has 3 nitrogen and oxygen atoms in total. The van der Waals surface area contributed by atoms with Crippen LogP contribution in [0.15, 0.2) is 12.3 Å². The molecule has 62 valence electrons. The van der Waals surface area contributed by atoms with Gasteiger partial charge in [-0.05, 0) is 12.2 Å². The van der Waals surface area contributed by atoms with E-state index < -0.39 is 5.95 Å². The molecule has 12 heavy (non-hydrogen) atoms. The average Bonchev–Trinajstić information content (AvgIpc) is 2.30. The molecular weight excluding hydrogens is 177 g/mol. The van der Waals surface area contributed by atoms with Crippen LogP contribution in [0.4, 0.5) is 4.39 Å². The van der Waals surface area contributed by atoms with Crippen molar-refractivity contribution in [2.75, 3.05) is 0 Å². The second kappa shape index (κ2) is 2.38. The predicted octanol–water partition coefficient (Wildman–Crippen LogP) is 1.77. The summed E-state index contributed by atoms with van der Waals surface area (Å²) in [6, 6.07) is 1.39. The van der Waals surface area contributed by atoms with Crippen molar-refractivity contribution < 1.29 is 4.39 Å². The van der Waals surface area contributed by atoms with Gasteiger partial charge in [-0.1, -0.05) is 0 Å².